The van der Waals surface area contributed by atoms with Crippen molar-refractivity contribution in [3.63, 3.8) is 0 Å². The Labute approximate surface area is 98.4 Å². The Kier molecular flexibility index (Phi) is 5.20. The first kappa shape index (κ1) is 14.2. The molecule has 1 saturated heterocycles. The number of rotatable bonds is 5. The second-order valence-corrected chi connectivity index (χ2v) is 4.24. The highest BCUT2D eigenvalue weighted by molar-refractivity contribution is 5.79. The number of amidine groups is 1. The van der Waals surface area contributed by atoms with Crippen molar-refractivity contribution in [2.24, 2.45) is 11.7 Å². The highest BCUT2D eigenvalue weighted by atomic mass is 19.4. The van der Waals surface area contributed by atoms with Gasteiger partial charge in [-0.1, -0.05) is 0 Å². The van der Waals surface area contributed by atoms with Gasteiger partial charge in [0.25, 0.3) is 0 Å². The molecule has 0 aliphatic carbocycles. The van der Waals surface area contributed by atoms with Gasteiger partial charge in [-0.3, -0.25) is 5.41 Å². The van der Waals surface area contributed by atoms with Crippen LogP contribution in [-0.4, -0.2) is 49.8 Å². The van der Waals surface area contributed by atoms with Gasteiger partial charge >= 0.3 is 6.18 Å². The zero-order valence-corrected chi connectivity index (χ0v) is 9.59. The number of nitrogens with zero attached hydrogens (tertiary/aromatic N) is 1. The molecule has 0 saturated carbocycles. The standard InChI is InChI=1S/C10H18F3N3O/c11-10(12,13)7-17-6-5-16-3-1-8(2-4-16)9(14)15/h8H,1-7H2,(H3,14,15). The van der Waals surface area contributed by atoms with Gasteiger partial charge in [-0.05, 0) is 25.9 Å². The molecule has 0 radical (unpaired) electrons. The van der Waals surface area contributed by atoms with Gasteiger partial charge in [0.2, 0.25) is 0 Å². The summed E-state index contributed by atoms with van der Waals surface area (Å²) in [5, 5.41) is 7.30. The average molecular weight is 253 g/mol. The molecular formula is C10H18F3N3O. The van der Waals surface area contributed by atoms with Crippen LogP contribution < -0.4 is 5.73 Å². The number of hydrogen-bond acceptors (Lipinski definition) is 3. The van der Waals surface area contributed by atoms with Gasteiger partial charge in [-0.15, -0.1) is 0 Å². The van der Waals surface area contributed by atoms with Crippen molar-refractivity contribution in [3.8, 4) is 0 Å². The number of nitrogens with one attached hydrogen (secondary N) is 1. The number of nitrogens with two attached hydrogens (primary N) is 1. The summed E-state index contributed by atoms with van der Waals surface area (Å²) in [5.74, 6) is 0.334. The third-order valence-electron chi connectivity index (χ3n) is 2.84. The zero-order valence-electron chi connectivity index (χ0n) is 9.59. The summed E-state index contributed by atoms with van der Waals surface area (Å²) in [5.41, 5.74) is 5.40. The van der Waals surface area contributed by atoms with Crippen molar-refractivity contribution in [2.75, 3.05) is 32.8 Å². The molecule has 0 bridgehead atoms. The van der Waals surface area contributed by atoms with E-state index in [1.807, 2.05) is 4.90 Å². The minimum Gasteiger partial charge on any atom is -0.387 e. The summed E-state index contributed by atoms with van der Waals surface area (Å²) < 4.78 is 39.9. The molecule has 1 aliphatic rings. The van der Waals surface area contributed by atoms with Crippen LogP contribution in [0.2, 0.25) is 0 Å². The smallest absolute Gasteiger partial charge is 0.387 e. The fraction of sp³-hybridized carbons (Fsp3) is 0.900. The van der Waals surface area contributed by atoms with Gasteiger partial charge in [-0.25, -0.2) is 0 Å². The Hall–Kier alpha value is -0.820. The second-order valence-electron chi connectivity index (χ2n) is 4.24. The molecule has 0 spiro atoms. The normalized spacial score (nSPS) is 19.5. The van der Waals surface area contributed by atoms with Crippen LogP contribution in [0.5, 0.6) is 0 Å². The molecule has 100 valence electrons. The molecule has 1 heterocycles. The quantitative estimate of drug-likeness (QED) is 0.440. The number of alkyl halides is 3. The Morgan fingerprint density at radius 2 is 1.94 bits per heavy atom. The van der Waals surface area contributed by atoms with Crippen molar-refractivity contribution >= 4 is 5.84 Å². The predicted molar refractivity (Wildman–Crippen MR) is 58.0 cm³/mol. The Morgan fingerprint density at radius 3 is 2.41 bits per heavy atom. The highest BCUT2D eigenvalue weighted by Crippen LogP contribution is 2.17. The summed E-state index contributed by atoms with van der Waals surface area (Å²) in [7, 11) is 0. The summed E-state index contributed by atoms with van der Waals surface area (Å²) in [6.45, 7) is 0.932. The molecule has 17 heavy (non-hydrogen) atoms. The molecule has 1 rings (SSSR count). The van der Waals surface area contributed by atoms with E-state index in [1.165, 1.54) is 0 Å². The molecule has 0 aromatic carbocycles. The summed E-state index contributed by atoms with van der Waals surface area (Å²) in [4.78, 5) is 2.04. The first-order valence-corrected chi connectivity index (χ1v) is 5.59. The SMILES string of the molecule is N=C(N)C1CCN(CCOCC(F)(F)F)CC1. The van der Waals surface area contributed by atoms with Crippen molar-refractivity contribution in [3.05, 3.63) is 0 Å². The first-order valence-electron chi connectivity index (χ1n) is 5.59. The lowest BCUT2D eigenvalue weighted by Gasteiger charge is -2.31. The third kappa shape index (κ3) is 5.88. The van der Waals surface area contributed by atoms with Crippen molar-refractivity contribution in [1.29, 1.82) is 5.41 Å². The number of halogens is 3. The maximum atomic E-state index is 11.8. The Balaban J connectivity index is 2.09. The van der Waals surface area contributed by atoms with E-state index < -0.39 is 12.8 Å². The van der Waals surface area contributed by atoms with Crippen LogP contribution in [0, 0.1) is 11.3 Å². The van der Waals surface area contributed by atoms with E-state index in [-0.39, 0.29) is 18.4 Å². The van der Waals surface area contributed by atoms with Crippen LogP contribution in [0.15, 0.2) is 0 Å². The van der Waals surface area contributed by atoms with Crippen LogP contribution in [-0.2, 0) is 4.74 Å². The van der Waals surface area contributed by atoms with Gasteiger partial charge in [0.05, 0.1) is 12.4 Å². The number of piperidine rings is 1. The summed E-state index contributed by atoms with van der Waals surface area (Å²) >= 11 is 0. The maximum Gasteiger partial charge on any atom is 0.411 e. The van der Waals surface area contributed by atoms with E-state index in [2.05, 4.69) is 4.74 Å². The van der Waals surface area contributed by atoms with Crippen molar-refractivity contribution < 1.29 is 17.9 Å². The van der Waals surface area contributed by atoms with E-state index in [9.17, 15) is 13.2 Å². The molecule has 1 aliphatic heterocycles. The molecule has 0 atom stereocenters. The number of likely N-dealkylation sites (tertiary alicyclic amines) is 1. The molecule has 4 nitrogen and oxygen atoms in total. The van der Waals surface area contributed by atoms with E-state index in [0.29, 0.717) is 6.54 Å². The lowest BCUT2D eigenvalue weighted by atomic mass is 9.96. The molecular weight excluding hydrogens is 235 g/mol. The van der Waals surface area contributed by atoms with E-state index >= 15 is 0 Å². The van der Waals surface area contributed by atoms with Gasteiger partial charge in [0.1, 0.15) is 6.61 Å². The molecule has 1 fully saturated rings. The second kappa shape index (κ2) is 6.20. The van der Waals surface area contributed by atoms with Crippen molar-refractivity contribution in [2.45, 2.75) is 19.0 Å². The lowest BCUT2D eigenvalue weighted by Crippen LogP contribution is -2.40. The fourth-order valence-corrected chi connectivity index (χ4v) is 1.85. The topological polar surface area (TPSA) is 62.3 Å². The summed E-state index contributed by atoms with van der Waals surface area (Å²) in [6, 6.07) is 0. The zero-order chi connectivity index (χ0) is 12.9. The van der Waals surface area contributed by atoms with Crippen LogP contribution >= 0.6 is 0 Å². The minimum absolute atomic E-state index is 0.0875. The van der Waals surface area contributed by atoms with Gasteiger partial charge < -0.3 is 15.4 Å². The third-order valence-corrected chi connectivity index (χ3v) is 2.84. The van der Waals surface area contributed by atoms with Crippen LogP contribution in [0.1, 0.15) is 12.8 Å². The number of hydrogen-bond donors (Lipinski definition) is 2. The molecule has 0 aromatic rings. The van der Waals surface area contributed by atoms with Gasteiger partial charge in [0, 0.05) is 12.5 Å². The van der Waals surface area contributed by atoms with E-state index in [4.69, 9.17) is 11.1 Å². The lowest BCUT2D eigenvalue weighted by molar-refractivity contribution is -0.174. The van der Waals surface area contributed by atoms with Crippen molar-refractivity contribution in [1.82, 2.24) is 4.90 Å². The minimum atomic E-state index is -4.25. The van der Waals surface area contributed by atoms with E-state index in [1.54, 1.807) is 0 Å². The molecule has 0 unspecified atom stereocenters. The Bertz CT molecular complexity index is 250. The molecule has 3 N–H and O–H groups in total. The molecule has 0 amide bonds. The molecule has 0 aromatic heterocycles. The maximum absolute atomic E-state index is 11.8. The van der Waals surface area contributed by atoms with Crippen LogP contribution in [0.4, 0.5) is 13.2 Å². The Morgan fingerprint density at radius 1 is 1.35 bits per heavy atom. The molecule has 7 heteroatoms. The van der Waals surface area contributed by atoms with Crippen LogP contribution in [0.25, 0.3) is 0 Å². The fourth-order valence-electron chi connectivity index (χ4n) is 1.85. The number of ether oxygens (including phenoxy) is 1. The van der Waals surface area contributed by atoms with Gasteiger partial charge in [0.15, 0.2) is 0 Å². The highest BCUT2D eigenvalue weighted by Gasteiger charge is 2.27. The van der Waals surface area contributed by atoms with E-state index in [0.717, 1.165) is 25.9 Å². The summed E-state index contributed by atoms with van der Waals surface area (Å²) in [6.07, 6.45) is -2.65. The average Bonchev–Trinajstić information content (AvgIpc) is 2.24. The first-order chi connectivity index (χ1) is 7.88. The monoisotopic (exact) mass is 253 g/mol. The van der Waals surface area contributed by atoms with Crippen LogP contribution in [0.3, 0.4) is 0 Å². The predicted octanol–water partition coefficient (Wildman–Crippen LogP) is 1.21. The largest absolute Gasteiger partial charge is 0.411 e. The van der Waals surface area contributed by atoms with Gasteiger partial charge in [-0.2, -0.15) is 13.2 Å².